The van der Waals surface area contributed by atoms with E-state index >= 15 is 0 Å². The van der Waals surface area contributed by atoms with Gasteiger partial charge in [0.2, 0.25) is 0 Å². The third-order valence-corrected chi connectivity index (χ3v) is 2.80. The van der Waals surface area contributed by atoms with Crippen LogP contribution in [0.25, 0.3) is 0 Å². The molecule has 0 radical (unpaired) electrons. The SMILES string of the molecule is Cl.Clc1cccc(C2CCCCN2)c1. The van der Waals surface area contributed by atoms with Gasteiger partial charge >= 0.3 is 0 Å². The highest BCUT2D eigenvalue weighted by atomic mass is 35.5. The first kappa shape index (κ1) is 11.8. The smallest absolute Gasteiger partial charge is 0.0409 e. The molecule has 1 aliphatic heterocycles. The predicted molar refractivity (Wildman–Crippen MR) is 63.3 cm³/mol. The third kappa shape index (κ3) is 2.88. The van der Waals surface area contributed by atoms with Gasteiger partial charge in [0.15, 0.2) is 0 Å². The van der Waals surface area contributed by atoms with Gasteiger partial charge in [-0.1, -0.05) is 30.2 Å². The number of hydrogen-bond acceptors (Lipinski definition) is 1. The summed E-state index contributed by atoms with van der Waals surface area (Å²) in [6, 6.07) is 8.67. The van der Waals surface area contributed by atoms with Crippen molar-refractivity contribution >= 4 is 24.0 Å². The van der Waals surface area contributed by atoms with Gasteiger partial charge in [-0.2, -0.15) is 0 Å². The first-order chi connectivity index (χ1) is 6.36. The van der Waals surface area contributed by atoms with E-state index in [4.69, 9.17) is 11.6 Å². The van der Waals surface area contributed by atoms with Crippen molar-refractivity contribution in [1.82, 2.24) is 5.32 Å². The summed E-state index contributed by atoms with van der Waals surface area (Å²) in [6.45, 7) is 1.14. The van der Waals surface area contributed by atoms with Gasteiger partial charge in [-0.3, -0.25) is 0 Å². The van der Waals surface area contributed by atoms with Crippen molar-refractivity contribution in [2.75, 3.05) is 6.54 Å². The minimum atomic E-state index is 0. The molecule has 0 spiro atoms. The molecule has 14 heavy (non-hydrogen) atoms. The van der Waals surface area contributed by atoms with Crippen LogP contribution in [0.5, 0.6) is 0 Å². The number of piperidine rings is 1. The normalized spacial score (nSPS) is 21.4. The van der Waals surface area contributed by atoms with Crippen LogP contribution in [-0.4, -0.2) is 6.54 Å². The minimum absolute atomic E-state index is 0. The molecule has 1 aliphatic rings. The van der Waals surface area contributed by atoms with Gasteiger partial charge in [-0.25, -0.2) is 0 Å². The van der Waals surface area contributed by atoms with E-state index in [-0.39, 0.29) is 12.4 Å². The Hall–Kier alpha value is -0.240. The molecule has 0 saturated carbocycles. The van der Waals surface area contributed by atoms with Crippen molar-refractivity contribution in [2.24, 2.45) is 0 Å². The zero-order valence-electron chi connectivity index (χ0n) is 8.00. The molecule has 0 bridgehead atoms. The van der Waals surface area contributed by atoms with Crippen LogP contribution < -0.4 is 5.32 Å². The Labute approximate surface area is 96.3 Å². The van der Waals surface area contributed by atoms with Crippen molar-refractivity contribution in [1.29, 1.82) is 0 Å². The molecule has 2 rings (SSSR count). The van der Waals surface area contributed by atoms with E-state index in [2.05, 4.69) is 17.4 Å². The van der Waals surface area contributed by atoms with Crippen LogP contribution in [0.4, 0.5) is 0 Å². The van der Waals surface area contributed by atoms with E-state index in [0.29, 0.717) is 6.04 Å². The summed E-state index contributed by atoms with van der Waals surface area (Å²) in [6.07, 6.45) is 3.86. The number of benzene rings is 1. The van der Waals surface area contributed by atoms with Crippen LogP contribution in [0, 0.1) is 0 Å². The predicted octanol–water partition coefficient (Wildman–Crippen LogP) is 3.58. The Kier molecular flexibility index (Phi) is 4.73. The molecule has 1 fully saturated rings. The summed E-state index contributed by atoms with van der Waals surface area (Å²) in [5.74, 6) is 0. The van der Waals surface area contributed by atoms with E-state index in [1.807, 2.05) is 12.1 Å². The van der Waals surface area contributed by atoms with E-state index in [1.165, 1.54) is 24.8 Å². The fourth-order valence-electron chi connectivity index (χ4n) is 1.86. The lowest BCUT2D eigenvalue weighted by Gasteiger charge is -2.23. The van der Waals surface area contributed by atoms with Crippen LogP contribution >= 0.6 is 24.0 Å². The maximum Gasteiger partial charge on any atom is 0.0409 e. The van der Waals surface area contributed by atoms with Gasteiger partial charge in [0.05, 0.1) is 0 Å². The first-order valence-electron chi connectivity index (χ1n) is 4.85. The fourth-order valence-corrected chi connectivity index (χ4v) is 2.06. The molecule has 1 N–H and O–H groups in total. The Bertz CT molecular complexity index is 282. The summed E-state index contributed by atoms with van der Waals surface area (Å²) in [7, 11) is 0. The molecular weight excluding hydrogens is 217 g/mol. The van der Waals surface area contributed by atoms with Crippen molar-refractivity contribution < 1.29 is 0 Å². The lowest BCUT2D eigenvalue weighted by atomic mass is 9.98. The van der Waals surface area contributed by atoms with Gasteiger partial charge in [-0.15, -0.1) is 12.4 Å². The van der Waals surface area contributed by atoms with Gasteiger partial charge < -0.3 is 5.32 Å². The molecule has 78 valence electrons. The average molecular weight is 232 g/mol. The van der Waals surface area contributed by atoms with E-state index < -0.39 is 0 Å². The lowest BCUT2D eigenvalue weighted by Crippen LogP contribution is -2.26. The zero-order chi connectivity index (χ0) is 9.10. The number of hydrogen-bond donors (Lipinski definition) is 1. The van der Waals surface area contributed by atoms with Crippen LogP contribution in [-0.2, 0) is 0 Å². The van der Waals surface area contributed by atoms with E-state index in [0.717, 1.165) is 11.6 Å². The molecule has 3 heteroatoms. The quantitative estimate of drug-likeness (QED) is 0.780. The van der Waals surface area contributed by atoms with Crippen molar-refractivity contribution in [3.63, 3.8) is 0 Å². The van der Waals surface area contributed by atoms with Gasteiger partial charge in [0.25, 0.3) is 0 Å². The number of halogens is 2. The fraction of sp³-hybridized carbons (Fsp3) is 0.455. The molecule has 1 nitrogen and oxygen atoms in total. The first-order valence-corrected chi connectivity index (χ1v) is 5.23. The van der Waals surface area contributed by atoms with Crippen molar-refractivity contribution in [3.05, 3.63) is 34.9 Å². The second kappa shape index (κ2) is 5.59. The Morgan fingerprint density at radius 3 is 2.79 bits per heavy atom. The largest absolute Gasteiger partial charge is 0.310 e. The molecule has 1 saturated heterocycles. The molecule has 1 unspecified atom stereocenters. The second-order valence-electron chi connectivity index (χ2n) is 3.56. The van der Waals surface area contributed by atoms with Crippen LogP contribution in [0.1, 0.15) is 30.9 Å². The summed E-state index contributed by atoms with van der Waals surface area (Å²) < 4.78 is 0. The molecular formula is C11H15Cl2N. The topological polar surface area (TPSA) is 12.0 Å². The number of nitrogens with one attached hydrogen (secondary N) is 1. The van der Waals surface area contributed by atoms with Crippen LogP contribution in [0.15, 0.2) is 24.3 Å². The summed E-state index contributed by atoms with van der Waals surface area (Å²) in [5.41, 5.74) is 1.33. The van der Waals surface area contributed by atoms with Crippen LogP contribution in [0.2, 0.25) is 5.02 Å². The zero-order valence-corrected chi connectivity index (χ0v) is 9.57. The molecule has 0 aromatic heterocycles. The van der Waals surface area contributed by atoms with E-state index in [9.17, 15) is 0 Å². The summed E-state index contributed by atoms with van der Waals surface area (Å²) in [5, 5.41) is 4.34. The molecule has 1 atom stereocenters. The average Bonchev–Trinajstić information content (AvgIpc) is 2.19. The molecule has 0 aliphatic carbocycles. The highest BCUT2D eigenvalue weighted by molar-refractivity contribution is 6.30. The Morgan fingerprint density at radius 2 is 2.14 bits per heavy atom. The maximum atomic E-state index is 5.94. The van der Waals surface area contributed by atoms with E-state index in [1.54, 1.807) is 0 Å². The minimum Gasteiger partial charge on any atom is -0.310 e. The Balaban J connectivity index is 0.000000980. The van der Waals surface area contributed by atoms with Crippen molar-refractivity contribution in [2.45, 2.75) is 25.3 Å². The number of rotatable bonds is 1. The molecule has 1 aromatic carbocycles. The van der Waals surface area contributed by atoms with Gasteiger partial charge in [-0.05, 0) is 37.1 Å². The van der Waals surface area contributed by atoms with Gasteiger partial charge in [0.1, 0.15) is 0 Å². The molecule has 1 heterocycles. The van der Waals surface area contributed by atoms with Crippen LogP contribution in [0.3, 0.4) is 0 Å². The summed E-state index contributed by atoms with van der Waals surface area (Å²) >= 11 is 5.94. The highest BCUT2D eigenvalue weighted by Gasteiger charge is 2.13. The maximum absolute atomic E-state index is 5.94. The lowest BCUT2D eigenvalue weighted by molar-refractivity contribution is 0.412. The monoisotopic (exact) mass is 231 g/mol. The molecule has 1 aromatic rings. The third-order valence-electron chi connectivity index (χ3n) is 2.56. The highest BCUT2D eigenvalue weighted by Crippen LogP contribution is 2.24. The summed E-state index contributed by atoms with van der Waals surface area (Å²) in [4.78, 5) is 0. The second-order valence-corrected chi connectivity index (χ2v) is 3.99. The standard InChI is InChI=1S/C11H14ClN.ClH/c12-10-5-3-4-9(8-10)11-6-1-2-7-13-11;/h3-5,8,11,13H,1-2,6-7H2;1H. The van der Waals surface area contributed by atoms with Crippen molar-refractivity contribution in [3.8, 4) is 0 Å². The molecule has 0 amide bonds. The van der Waals surface area contributed by atoms with Gasteiger partial charge in [0, 0.05) is 11.1 Å². The Morgan fingerprint density at radius 1 is 1.29 bits per heavy atom.